The van der Waals surface area contributed by atoms with E-state index in [0.29, 0.717) is 30.1 Å². The molecule has 6 heteroatoms. The number of benzene rings is 1. The highest BCUT2D eigenvalue weighted by Gasteiger charge is 2.27. The van der Waals surface area contributed by atoms with E-state index in [0.717, 1.165) is 19.5 Å². The summed E-state index contributed by atoms with van der Waals surface area (Å²) in [6.45, 7) is 7.19. The summed E-state index contributed by atoms with van der Waals surface area (Å²) in [7, 11) is 0. The van der Waals surface area contributed by atoms with Crippen molar-refractivity contribution in [2.45, 2.75) is 32.9 Å². The maximum Gasteiger partial charge on any atom is 0.239 e. The van der Waals surface area contributed by atoms with Gasteiger partial charge in [0.1, 0.15) is 6.54 Å². The van der Waals surface area contributed by atoms with Crippen molar-refractivity contribution in [3.05, 3.63) is 35.4 Å². The van der Waals surface area contributed by atoms with Gasteiger partial charge in [0.15, 0.2) is 0 Å². The van der Waals surface area contributed by atoms with Crippen LogP contribution in [0.3, 0.4) is 0 Å². The minimum atomic E-state index is -0.0566. The number of hydrogen-bond acceptors (Lipinski definition) is 4. The lowest BCUT2D eigenvalue weighted by molar-refractivity contribution is -0.132. The Morgan fingerprint density at radius 3 is 2.72 bits per heavy atom. The highest BCUT2D eigenvalue weighted by molar-refractivity contribution is 8.00. The summed E-state index contributed by atoms with van der Waals surface area (Å²) in [6.07, 6.45) is 1.06. The van der Waals surface area contributed by atoms with Crippen LogP contribution in [0.1, 0.15) is 25.0 Å². The highest BCUT2D eigenvalue weighted by Crippen LogP contribution is 2.22. The second-order valence-electron chi connectivity index (χ2n) is 7.17. The van der Waals surface area contributed by atoms with Crippen LogP contribution in [-0.2, 0) is 22.6 Å². The Balaban J connectivity index is 1.55. The number of rotatable bonds is 6. The summed E-state index contributed by atoms with van der Waals surface area (Å²) in [5, 5.41) is 3.05. The summed E-state index contributed by atoms with van der Waals surface area (Å²) in [5.41, 5.74) is 2.83. The number of fused-ring (bicyclic) bond motifs is 1. The first-order chi connectivity index (χ1) is 12.0. The van der Waals surface area contributed by atoms with Crippen LogP contribution in [-0.4, -0.2) is 58.9 Å². The van der Waals surface area contributed by atoms with E-state index >= 15 is 0 Å². The first-order valence-electron chi connectivity index (χ1n) is 8.97. The van der Waals surface area contributed by atoms with Crippen molar-refractivity contribution in [2.24, 2.45) is 5.92 Å². The Morgan fingerprint density at radius 2 is 2.04 bits per heavy atom. The van der Waals surface area contributed by atoms with Gasteiger partial charge in [0.05, 0.1) is 11.6 Å². The minimum absolute atomic E-state index is 0.0566. The van der Waals surface area contributed by atoms with E-state index in [4.69, 9.17) is 0 Å². The van der Waals surface area contributed by atoms with Gasteiger partial charge in [-0.15, -0.1) is 11.8 Å². The number of hydrogen-bond donors (Lipinski definition) is 1. The van der Waals surface area contributed by atoms with Gasteiger partial charge in [-0.3, -0.25) is 14.5 Å². The molecule has 1 fully saturated rings. The Morgan fingerprint density at radius 1 is 1.28 bits per heavy atom. The fourth-order valence-electron chi connectivity index (χ4n) is 3.57. The normalized spacial score (nSPS) is 19.2. The topological polar surface area (TPSA) is 52.7 Å². The monoisotopic (exact) mass is 361 g/mol. The lowest BCUT2D eigenvalue weighted by Crippen LogP contribution is -2.50. The van der Waals surface area contributed by atoms with Gasteiger partial charge in [-0.25, -0.2) is 0 Å². The molecule has 2 amide bonds. The number of amides is 2. The van der Waals surface area contributed by atoms with Crippen LogP contribution in [0.2, 0.25) is 0 Å². The molecule has 1 N–H and O–H groups in total. The SMILES string of the molecule is CC(C)[C@@H](CNC(=O)CN1CSCC1=O)N1CCc2ccccc2C1. The molecule has 1 saturated heterocycles. The van der Waals surface area contributed by atoms with Gasteiger partial charge in [-0.2, -0.15) is 0 Å². The summed E-state index contributed by atoms with van der Waals surface area (Å²) in [5.74, 6) is 1.58. The van der Waals surface area contributed by atoms with Crippen molar-refractivity contribution in [1.82, 2.24) is 15.1 Å². The third-order valence-electron chi connectivity index (χ3n) is 5.07. The zero-order valence-corrected chi connectivity index (χ0v) is 15.8. The number of carbonyl (C=O) groups excluding carboxylic acids is 2. The lowest BCUT2D eigenvalue weighted by Gasteiger charge is -2.38. The quantitative estimate of drug-likeness (QED) is 0.838. The Labute approximate surface area is 154 Å². The molecule has 136 valence electrons. The largest absolute Gasteiger partial charge is 0.353 e. The standard InChI is InChI=1S/C19H27N3O2S/c1-14(2)17(9-20-18(23)11-22-13-25-12-19(22)24)21-8-7-15-5-3-4-6-16(15)10-21/h3-6,14,17H,7-13H2,1-2H3,(H,20,23)/t17-/m1/s1. The fourth-order valence-corrected chi connectivity index (χ4v) is 4.48. The third kappa shape index (κ3) is 4.55. The number of thioether (sulfide) groups is 1. The number of nitrogens with one attached hydrogen (secondary N) is 1. The number of carbonyl (C=O) groups is 2. The predicted octanol–water partition coefficient (Wildman–Crippen LogP) is 1.72. The van der Waals surface area contributed by atoms with E-state index in [9.17, 15) is 9.59 Å². The average molecular weight is 362 g/mol. The second kappa shape index (κ2) is 8.23. The first-order valence-corrected chi connectivity index (χ1v) is 10.1. The van der Waals surface area contributed by atoms with E-state index in [1.54, 1.807) is 16.7 Å². The first kappa shape index (κ1) is 18.3. The Hall–Kier alpha value is -1.53. The Bertz CT molecular complexity index is 635. The molecular weight excluding hydrogens is 334 g/mol. The van der Waals surface area contributed by atoms with Crippen molar-refractivity contribution < 1.29 is 9.59 Å². The van der Waals surface area contributed by atoms with E-state index in [2.05, 4.69) is 48.3 Å². The van der Waals surface area contributed by atoms with Gasteiger partial charge in [-0.1, -0.05) is 38.1 Å². The smallest absolute Gasteiger partial charge is 0.239 e. The summed E-state index contributed by atoms with van der Waals surface area (Å²) < 4.78 is 0. The van der Waals surface area contributed by atoms with Crippen LogP contribution < -0.4 is 5.32 Å². The molecule has 5 nitrogen and oxygen atoms in total. The summed E-state index contributed by atoms with van der Waals surface area (Å²) in [4.78, 5) is 28.0. The Kier molecular flexibility index (Phi) is 6.02. The third-order valence-corrected chi connectivity index (χ3v) is 6.01. The van der Waals surface area contributed by atoms with Crippen molar-refractivity contribution >= 4 is 23.6 Å². The van der Waals surface area contributed by atoms with Gasteiger partial charge in [0.2, 0.25) is 11.8 Å². The van der Waals surface area contributed by atoms with E-state index in [1.807, 2.05) is 0 Å². The molecule has 0 bridgehead atoms. The molecule has 0 unspecified atom stereocenters. The van der Waals surface area contributed by atoms with Crippen LogP contribution in [0, 0.1) is 5.92 Å². The van der Waals surface area contributed by atoms with Gasteiger partial charge in [-0.05, 0) is 23.5 Å². The van der Waals surface area contributed by atoms with E-state index < -0.39 is 0 Å². The molecule has 2 heterocycles. The zero-order valence-electron chi connectivity index (χ0n) is 15.0. The molecule has 0 saturated carbocycles. The van der Waals surface area contributed by atoms with E-state index in [1.165, 1.54) is 11.1 Å². The lowest BCUT2D eigenvalue weighted by atomic mass is 9.95. The van der Waals surface area contributed by atoms with Crippen molar-refractivity contribution in [1.29, 1.82) is 0 Å². The molecule has 2 aliphatic heterocycles. The van der Waals surface area contributed by atoms with Crippen molar-refractivity contribution in [3.63, 3.8) is 0 Å². The maximum atomic E-state index is 12.2. The molecule has 25 heavy (non-hydrogen) atoms. The van der Waals surface area contributed by atoms with Crippen LogP contribution in [0.5, 0.6) is 0 Å². The molecule has 0 aliphatic carbocycles. The second-order valence-corrected chi connectivity index (χ2v) is 8.13. The number of nitrogens with zero attached hydrogens (tertiary/aromatic N) is 2. The summed E-state index contributed by atoms with van der Waals surface area (Å²) >= 11 is 1.57. The maximum absolute atomic E-state index is 12.2. The van der Waals surface area contributed by atoms with Crippen LogP contribution in [0.15, 0.2) is 24.3 Å². The fraction of sp³-hybridized carbons (Fsp3) is 0.579. The van der Waals surface area contributed by atoms with Crippen LogP contribution in [0.25, 0.3) is 0 Å². The predicted molar refractivity (Wildman–Crippen MR) is 101 cm³/mol. The molecular formula is C19H27N3O2S. The molecule has 2 aliphatic rings. The van der Waals surface area contributed by atoms with Crippen molar-refractivity contribution in [3.8, 4) is 0 Å². The molecule has 0 spiro atoms. The minimum Gasteiger partial charge on any atom is -0.353 e. The van der Waals surface area contributed by atoms with Gasteiger partial charge >= 0.3 is 0 Å². The summed E-state index contributed by atoms with van der Waals surface area (Å²) in [6, 6.07) is 8.92. The molecule has 3 rings (SSSR count). The molecule has 1 aromatic rings. The molecule has 1 aromatic carbocycles. The van der Waals surface area contributed by atoms with Gasteiger partial charge in [0, 0.05) is 25.7 Å². The van der Waals surface area contributed by atoms with E-state index in [-0.39, 0.29) is 18.4 Å². The van der Waals surface area contributed by atoms with Crippen LogP contribution in [0.4, 0.5) is 0 Å². The van der Waals surface area contributed by atoms with Gasteiger partial charge in [0.25, 0.3) is 0 Å². The zero-order chi connectivity index (χ0) is 17.8. The van der Waals surface area contributed by atoms with Crippen molar-refractivity contribution in [2.75, 3.05) is 31.3 Å². The average Bonchev–Trinajstić information content (AvgIpc) is 2.99. The molecule has 0 aromatic heterocycles. The molecule has 1 atom stereocenters. The van der Waals surface area contributed by atoms with Gasteiger partial charge < -0.3 is 10.2 Å². The highest BCUT2D eigenvalue weighted by atomic mass is 32.2. The van der Waals surface area contributed by atoms with Crippen LogP contribution >= 0.6 is 11.8 Å². The molecule has 0 radical (unpaired) electrons.